The highest BCUT2D eigenvalue weighted by molar-refractivity contribution is 7.37. The monoisotopic (exact) mass is 301 g/mol. The highest BCUT2D eigenvalue weighted by atomic mass is 31.1. The zero-order valence-corrected chi connectivity index (χ0v) is 13.1. The Kier molecular flexibility index (Phi) is 6.59. The van der Waals surface area contributed by atoms with Crippen molar-refractivity contribution >= 4 is 8.03 Å². The van der Waals surface area contributed by atoms with Crippen molar-refractivity contribution in [3.63, 3.8) is 0 Å². The van der Waals surface area contributed by atoms with Gasteiger partial charge in [-0.2, -0.15) is 4.89 Å². The van der Waals surface area contributed by atoms with E-state index in [9.17, 15) is 4.57 Å². The molecule has 0 radical (unpaired) electrons. The fourth-order valence-electron chi connectivity index (χ4n) is 2.67. The van der Waals surface area contributed by atoms with E-state index in [0.717, 1.165) is 25.7 Å². The van der Waals surface area contributed by atoms with Crippen LogP contribution >= 0.6 is 8.03 Å². The highest BCUT2D eigenvalue weighted by Gasteiger charge is 2.18. The van der Waals surface area contributed by atoms with E-state index in [4.69, 9.17) is 4.89 Å². The molecule has 3 heteroatoms. The number of aryl methyl sites for hydroxylation is 1. The molecule has 0 aliphatic rings. The minimum absolute atomic E-state index is 0.376. The van der Waals surface area contributed by atoms with Crippen molar-refractivity contribution in [3.05, 3.63) is 71.8 Å². The first kappa shape index (κ1) is 15.9. The van der Waals surface area contributed by atoms with Crippen LogP contribution in [-0.2, 0) is 11.0 Å². The second-order valence-corrected chi connectivity index (χ2v) is 6.50. The van der Waals surface area contributed by atoms with Crippen LogP contribution < -0.4 is 0 Å². The topological polar surface area (TPSA) is 37.3 Å². The predicted octanol–water partition coefficient (Wildman–Crippen LogP) is 4.92. The van der Waals surface area contributed by atoms with E-state index < -0.39 is 8.03 Å². The summed E-state index contributed by atoms with van der Waals surface area (Å²) in [6, 6.07) is 20.8. The molecule has 0 heterocycles. The first-order valence-electron chi connectivity index (χ1n) is 7.48. The van der Waals surface area contributed by atoms with E-state index in [1.54, 1.807) is 0 Å². The molecule has 110 valence electrons. The first-order chi connectivity index (χ1) is 10.3. The summed E-state index contributed by atoms with van der Waals surface area (Å²) >= 11 is 0. The second-order valence-electron chi connectivity index (χ2n) is 5.35. The summed E-state index contributed by atoms with van der Waals surface area (Å²) in [5.74, 6) is 0.376. The van der Waals surface area contributed by atoms with Crippen molar-refractivity contribution in [3.8, 4) is 0 Å². The van der Waals surface area contributed by atoms with E-state index in [0.29, 0.717) is 12.1 Å². The van der Waals surface area contributed by atoms with E-state index in [1.165, 1.54) is 11.1 Å². The van der Waals surface area contributed by atoms with Gasteiger partial charge < -0.3 is 0 Å². The Balaban J connectivity index is 1.91. The third-order valence-corrected chi connectivity index (χ3v) is 4.44. The molecule has 0 aliphatic carbocycles. The van der Waals surface area contributed by atoms with Crippen LogP contribution in [0.2, 0.25) is 0 Å². The van der Waals surface area contributed by atoms with Gasteiger partial charge in [0.1, 0.15) is 0 Å². The summed E-state index contributed by atoms with van der Waals surface area (Å²) in [6.45, 7) is 0. The summed E-state index contributed by atoms with van der Waals surface area (Å²) in [6.07, 6.45) is 4.40. The standard InChI is InChI=1S/C18H21O2P/c19-21(20)15-14-18(17-11-5-2-6-12-17)13-7-10-16-8-3-1-4-9-16/h1-6,8-9,11-12,18H,7,10,13-15H2/p+1. The Morgan fingerprint density at radius 2 is 1.52 bits per heavy atom. The van der Waals surface area contributed by atoms with Gasteiger partial charge in [-0.3, -0.25) is 0 Å². The van der Waals surface area contributed by atoms with Gasteiger partial charge >= 0.3 is 8.03 Å². The maximum atomic E-state index is 11.0. The molecule has 0 aliphatic heterocycles. The normalized spacial score (nSPS) is 12.9. The van der Waals surface area contributed by atoms with Gasteiger partial charge in [0.15, 0.2) is 6.16 Å². The molecule has 0 saturated carbocycles. The molecular formula is C18H22O2P+. The molecule has 2 unspecified atom stereocenters. The molecule has 2 atom stereocenters. The van der Waals surface area contributed by atoms with Gasteiger partial charge in [-0.05, 0) is 40.9 Å². The number of benzene rings is 2. The highest BCUT2D eigenvalue weighted by Crippen LogP contribution is 2.29. The van der Waals surface area contributed by atoms with E-state index in [-0.39, 0.29) is 0 Å². The van der Waals surface area contributed by atoms with Crippen LogP contribution in [0.5, 0.6) is 0 Å². The molecule has 21 heavy (non-hydrogen) atoms. The van der Waals surface area contributed by atoms with Crippen LogP contribution in [0.25, 0.3) is 0 Å². The third kappa shape index (κ3) is 5.79. The maximum Gasteiger partial charge on any atom is 0.505 e. The van der Waals surface area contributed by atoms with E-state index >= 15 is 0 Å². The Hall–Kier alpha value is -1.50. The van der Waals surface area contributed by atoms with Gasteiger partial charge in [0.25, 0.3) is 0 Å². The first-order valence-corrected chi connectivity index (χ1v) is 8.88. The number of hydrogen-bond donors (Lipinski definition) is 1. The van der Waals surface area contributed by atoms with Crippen molar-refractivity contribution in [2.45, 2.75) is 31.6 Å². The largest absolute Gasteiger partial charge is 0.505 e. The minimum Gasteiger partial charge on any atom is -0.161 e. The molecule has 0 spiro atoms. The van der Waals surface area contributed by atoms with Crippen molar-refractivity contribution in [1.82, 2.24) is 0 Å². The zero-order chi connectivity index (χ0) is 14.9. The molecular weight excluding hydrogens is 279 g/mol. The van der Waals surface area contributed by atoms with Crippen molar-refractivity contribution in [1.29, 1.82) is 0 Å². The lowest BCUT2D eigenvalue weighted by molar-refractivity contribution is 0.493. The lowest BCUT2D eigenvalue weighted by atomic mass is 9.90. The fraction of sp³-hybridized carbons (Fsp3) is 0.333. The Morgan fingerprint density at radius 1 is 0.905 bits per heavy atom. The molecule has 1 N–H and O–H groups in total. The van der Waals surface area contributed by atoms with Gasteiger partial charge in [-0.15, -0.1) is 0 Å². The van der Waals surface area contributed by atoms with Crippen LogP contribution in [0.1, 0.15) is 36.3 Å². The average Bonchev–Trinajstić information content (AvgIpc) is 2.52. The lowest BCUT2D eigenvalue weighted by Crippen LogP contribution is -2.01. The molecule has 0 aromatic heterocycles. The molecule has 2 rings (SSSR count). The average molecular weight is 301 g/mol. The molecule has 2 aromatic carbocycles. The fourth-order valence-corrected chi connectivity index (χ4v) is 3.20. The minimum atomic E-state index is -2.03. The molecule has 2 aromatic rings. The summed E-state index contributed by atoms with van der Waals surface area (Å²) in [5.41, 5.74) is 2.64. The summed E-state index contributed by atoms with van der Waals surface area (Å²) in [7, 11) is -2.03. The van der Waals surface area contributed by atoms with Gasteiger partial charge in [-0.1, -0.05) is 60.7 Å². The van der Waals surface area contributed by atoms with Crippen molar-refractivity contribution in [2.75, 3.05) is 6.16 Å². The van der Waals surface area contributed by atoms with E-state index in [2.05, 4.69) is 36.4 Å². The van der Waals surface area contributed by atoms with Crippen molar-refractivity contribution in [2.24, 2.45) is 0 Å². The molecule has 0 saturated heterocycles. The number of hydrogen-bond acceptors (Lipinski definition) is 1. The molecule has 0 amide bonds. The molecule has 2 nitrogen and oxygen atoms in total. The van der Waals surface area contributed by atoms with Crippen LogP contribution in [-0.4, -0.2) is 11.1 Å². The smallest absolute Gasteiger partial charge is 0.161 e. The quantitative estimate of drug-likeness (QED) is 0.703. The zero-order valence-electron chi connectivity index (χ0n) is 12.2. The summed E-state index contributed by atoms with van der Waals surface area (Å²) in [5, 5.41) is 0. The third-order valence-electron chi connectivity index (χ3n) is 3.80. The van der Waals surface area contributed by atoms with E-state index in [1.807, 2.05) is 24.3 Å². The Morgan fingerprint density at radius 3 is 2.14 bits per heavy atom. The van der Waals surface area contributed by atoms with Crippen LogP contribution in [0, 0.1) is 0 Å². The van der Waals surface area contributed by atoms with Gasteiger partial charge in [-0.25, -0.2) is 0 Å². The predicted molar refractivity (Wildman–Crippen MR) is 87.9 cm³/mol. The van der Waals surface area contributed by atoms with Crippen LogP contribution in [0.3, 0.4) is 0 Å². The van der Waals surface area contributed by atoms with Gasteiger partial charge in [0.2, 0.25) is 0 Å². The van der Waals surface area contributed by atoms with Crippen molar-refractivity contribution < 1.29 is 9.46 Å². The van der Waals surface area contributed by atoms with Crippen LogP contribution in [0.15, 0.2) is 60.7 Å². The van der Waals surface area contributed by atoms with Gasteiger partial charge in [0.05, 0.1) is 0 Å². The van der Waals surface area contributed by atoms with Crippen LogP contribution in [0.4, 0.5) is 0 Å². The summed E-state index contributed by atoms with van der Waals surface area (Å²) < 4.78 is 11.0. The molecule has 0 bridgehead atoms. The second kappa shape index (κ2) is 8.71. The summed E-state index contributed by atoms with van der Waals surface area (Å²) in [4.78, 5) is 9.06. The SMILES string of the molecule is O=[P+](O)CCC(CCCc1ccccc1)c1ccccc1. The molecule has 0 fully saturated rings. The Labute approximate surface area is 127 Å². The Bertz CT molecular complexity index is 540. The lowest BCUT2D eigenvalue weighted by Gasteiger charge is -2.15. The number of rotatable bonds is 8. The maximum absolute atomic E-state index is 11.0. The van der Waals surface area contributed by atoms with Gasteiger partial charge in [0, 0.05) is 6.42 Å².